The van der Waals surface area contributed by atoms with E-state index in [1.807, 2.05) is 6.07 Å². The number of rotatable bonds is 4. The molecule has 3 rings (SSSR count). The molecule has 2 bridgehead atoms. The summed E-state index contributed by atoms with van der Waals surface area (Å²) in [5, 5.41) is 12.0. The molecule has 112 valence electrons. The van der Waals surface area contributed by atoms with Crippen molar-refractivity contribution < 1.29 is 14.7 Å². The molecule has 5 heteroatoms. The molecule has 0 saturated heterocycles. The summed E-state index contributed by atoms with van der Waals surface area (Å²) in [6, 6.07) is 7.62. The Labute approximate surface area is 123 Å². The number of amides is 1. The van der Waals surface area contributed by atoms with Crippen molar-refractivity contribution in [1.82, 2.24) is 5.32 Å². The van der Waals surface area contributed by atoms with Gasteiger partial charge in [0.1, 0.15) is 0 Å². The third kappa shape index (κ3) is 2.53. The zero-order chi connectivity index (χ0) is 15.0. The van der Waals surface area contributed by atoms with E-state index in [0.29, 0.717) is 17.4 Å². The maximum atomic E-state index is 12.5. The van der Waals surface area contributed by atoms with Crippen LogP contribution in [0.3, 0.4) is 0 Å². The molecule has 2 fully saturated rings. The topological polar surface area (TPSA) is 92.4 Å². The first-order chi connectivity index (χ1) is 10.1. The maximum absolute atomic E-state index is 12.5. The predicted molar refractivity (Wildman–Crippen MR) is 77.3 cm³/mol. The molecule has 5 atom stereocenters. The lowest BCUT2D eigenvalue weighted by molar-refractivity contribution is -0.143. The smallest absolute Gasteiger partial charge is 0.330 e. The highest BCUT2D eigenvalue weighted by molar-refractivity contribution is 5.86. The molecule has 1 amide bonds. The summed E-state index contributed by atoms with van der Waals surface area (Å²) in [5.41, 5.74) is 6.73. The summed E-state index contributed by atoms with van der Waals surface area (Å²) >= 11 is 0. The first-order valence-corrected chi connectivity index (χ1v) is 7.41. The van der Waals surface area contributed by atoms with E-state index in [9.17, 15) is 14.7 Å². The number of nitrogens with one attached hydrogen (secondary N) is 1. The van der Waals surface area contributed by atoms with E-state index in [1.54, 1.807) is 24.3 Å². The molecule has 1 aromatic rings. The Balaban J connectivity index is 1.75. The Morgan fingerprint density at radius 1 is 1.19 bits per heavy atom. The summed E-state index contributed by atoms with van der Waals surface area (Å²) < 4.78 is 0. The summed E-state index contributed by atoms with van der Waals surface area (Å²) in [5.74, 6) is -0.771. The lowest BCUT2D eigenvalue weighted by atomic mass is 9.84. The molecule has 0 heterocycles. The van der Waals surface area contributed by atoms with Crippen molar-refractivity contribution >= 4 is 11.9 Å². The summed E-state index contributed by atoms with van der Waals surface area (Å²) in [7, 11) is 0. The van der Waals surface area contributed by atoms with Crippen LogP contribution in [0.15, 0.2) is 30.3 Å². The molecule has 4 unspecified atom stereocenters. The number of carboxylic acid groups (broad SMARTS) is 1. The lowest BCUT2D eigenvalue weighted by Crippen LogP contribution is -2.47. The van der Waals surface area contributed by atoms with Crippen LogP contribution in [0.5, 0.6) is 0 Å². The summed E-state index contributed by atoms with van der Waals surface area (Å²) in [6.45, 7) is 0. The molecule has 0 aromatic heterocycles. The Morgan fingerprint density at radius 3 is 2.43 bits per heavy atom. The molecular weight excluding hydrogens is 268 g/mol. The van der Waals surface area contributed by atoms with Gasteiger partial charge in [0.05, 0.1) is 5.92 Å². The average Bonchev–Trinajstić information content (AvgIpc) is 3.06. The normalized spacial score (nSPS) is 31.9. The van der Waals surface area contributed by atoms with Crippen LogP contribution in [-0.2, 0) is 9.59 Å². The van der Waals surface area contributed by atoms with Crippen molar-refractivity contribution in [3.05, 3.63) is 35.9 Å². The molecular formula is C16H20N2O3. The van der Waals surface area contributed by atoms with Gasteiger partial charge >= 0.3 is 5.97 Å². The number of carboxylic acids is 1. The van der Waals surface area contributed by atoms with Gasteiger partial charge in [-0.25, -0.2) is 4.79 Å². The van der Waals surface area contributed by atoms with Crippen LogP contribution >= 0.6 is 0 Å². The average molecular weight is 288 g/mol. The minimum atomic E-state index is -1.05. The molecule has 0 aliphatic heterocycles. The molecule has 5 nitrogen and oxygen atoms in total. The molecule has 1 aromatic carbocycles. The van der Waals surface area contributed by atoms with E-state index in [-0.39, 0.29) is 17.9 Å². The number of carbonyl (C=O) groups excluding carboxylic acids is 1. The Hall–Kier alpha value is -1.88. The minimum absolute atomic E-state index is 0.131. The number of hydrogen-bond acceptors (Lipinski definition) is 3. The van der Waals surface area contributed by atoms with Crippen LogP contribution in [0.1, 0.15) is 30.9 Å². The SMILES string of the molecule is NC1C2CCC(C2)C1C(=O)N[C@H](C(=O)O)c1ccccc1. The molecule has 0 spiro atoms. The first kappa shape index (κ1) is 14.1. The fourth-order valence-electron chi connectivity index (χ4n) is 3.90. The summed E-state index contributed by atoms with van der Waals surface area (Å²) in [4.78, 5) is 23.9. The number of aliphatic carboxylic acids is 1. The molecule has 2 saturated carbocycles. The van der Waals surface area contributed by atoms with Gasteiger partial charge in [-0.1, -0.05) is 30.3 Å². The Bertz CT molecular complexity index is 544. The van der Waals surface area contributed by atoms with Crippen molar-refractivity contribution in [1.29, 1.82) is 0 Å². The number of carbonyl (C=O) groups is 2. The van der Waals surface area contributed by atoms with Gasteiger partial charge in [0.15, 0.2) is 6.04 Å². The van der Waals surface area contributed by atoms with Crippen molar-refractivity contribution in [3.8, 4) is 0 Å². The van der Waals surface area contributed by atoms with Gasteiger partial charge < -0.3 is 16.2 Å². The van der Waals surface area contributed by atoms with Crippen LogP contribution in [0.4, 0.5) is 0 Å². The van der Waals surface area contributed by atoms with E-state index in [0.717, 1.165) is 19.3 Å². The van der Waals surface area contributed by atoms with Crippen molar-refractivity contribution in [2.45, 2.75) is 31.3 Å². The van der Waals surface area contributed by atoms with E-state index in [1.165, 1.54) is 0 Å². The third-order valence-electron chi connectivity index (χ3n) is 4.95. The van der Waals surface area contributed by atoms with E-state index in [2.05, 4.69) is 5.32 Å². The van der Waals surface area contributed by atoms with Gasteiger partial charge in [0.2, 0.25) is 5.91 Å². The van der Waals surface area contributed by atoms with Gasteiger partial charge in [0, 0.05) is 6.04 Å². The molecule has 2 aliphatic carbocycles. The van der Waals surface area contributed by atoms with E-state index < -0.39 is 12.0 Å². The fourth-order valence-corrected chi connectivity index (χ4v) is 3.90. The van der Waals surface area contributed by atoms with Gasteiger partial charge in [-0.2, -0.15) is 0 Å². The highest BCUT2D eigenvalue weighted by atomic mass is 16.4. The van der Waals surface area contributed by atoms with Crippen molar-refractivity contribution in [2.24, 2.45) is 23.5 Å². The van der Waals surface area contributed by atoms with Crippen LogP contribution in [0.2, 0.25) is 0 Å². The van der Waals surface area contributed by atoms with Crippen molar-refractivity contribution in [3.63, 3.8) is 0 Å². The second-order valence-corrected chi connectivity index (χ2v) is 6.13. The lowest BCUT2D eigenvalue weighted by Gasteiger charge is -2.28. The largest absolute Gasteiger partial charge is 0.479 e. The highest BCUT2D eigenvalue weighted by Crippen LogP contribution is 2.47. The van der Waals surface area contributed by atoms with Crippen LogP contribution < -0.4 is 11.1 Å². The van der Waals surface area contributed by atoms with E-state index >= 15 is 0 Å². The summed E-state index contributed by atoms with van der Waals surface area (Å²) in [6.07, 6.45) is 3.12. The fraction of sp³-hybridized carbons (Fsp3) is 0.500. The zero-order valence-corrected chi connectivity index (χ0v) is 11.7. The predicted octanol–water partition coefficient (Wildman–Crippen LogP) is 1.30. The van der Waals surface area contributed by atoms with Crippen LogP contribution in [-0.4, -0.2) is 23.0 Å². The Morgan fingerprint density at radius 2 is 1.86 bits per heavy atom. The monoisotopic (exact) mass is 288 g/mol. The highest BCUT2D eigenvalue weighted by Gasteiger charge is 2.49. The van der Waals surface area contributed by atoms with Crippen LogP contribution in [0.25, 0.3) is 0 Å². The van der Waals surface area contributed by atoms with Crippen molar-refractivity contribution in [2.75, 3.05) is 0 Å². The zero-order valence-electron chi connectivity index (χ0n) is 11.7. The maximum Gasteiger partial charge on any atom is 0.330 e. The minimum Gasteiger partial charge on any atom is -0.479 e. The number of hydrogen-bond donors (Lipinski definition) is 3. The second-order valence-electron chi connectivity index (χ2n) is 6.13. The first-order valence-electron chi connectivity index (χ1n) is 7.41. The van der Waals surface area contributed by atoms with Gasteiger partial charge in [-0.15, -0.1) is 0 Å². The van der Waals surface area contributed by atoms with Gasteiger partial charge in [-0.3, -0.25) is 4.79 Å². The molecule has 21 heavy (non-hydrogen) atoms. The standard InChI is InChI=1S/C16H20N2O3/c17-13-11-7-6-10(8-11)12(13)15(19)18-14(16(20)21)9-4-2-1-3-5-9/h1-5,10-14H,6-8,17H2,(H,18,19)(H,20,21)/t10?,11?,12?,13?,14-/m0/s1. The van der Waals surface area contributed by atoms with Gasteiger partial charge in [0.25, 0.3) is 0 Å². The Kier molecular flexibility index (Phi) is 3.68. The molecule has 2 aliphatic rings. The number of benzene rings is 1. The van der Waals surface area contributed by atoms with Gasteiger partial charge in [-0.05, 0) is 36.7 Å². The number of nitrogens with two attached hydrogens (primary N) is 1. The molecule has 0 radical (unpaired) electrons. The van der Waals surface area contributed by atoms with E-state index in [4.69, 9.17) is 5.73 Å². The molecule has 4 N–H and O–H groups in total. The number of fused-ring (bicyclic) bond motifs is 2. The quantitative estimate of drug-likeness (QED) is 0.778. The van der Waals surface area contributed by atoms with Crippen LogP contribution in [0, 0.1) is 17.8 Å². The third-order valence-corrected chi connectivity index (χ3v) is 4.95. The second kappa shape index (κ2) is 5.48.